The molecule has 1 rings (SSSR count). The van der Waals surface area contributed by atoms with Gasteiger partial charge in [0.25, 0.3) is 0 Å². The van der Waals surface area contributed by atoms with Crippen molar-refractivity contribution in [2.24, 2.45) is 16.6 Å². The Morgan fingerprint density at radius 1 is 1.71 bits per heavy atom. The van der Waals surface area contributed by atoms with Crippen molar-refractivity contribution in [2.75, 3.05) is 0 Å². The van der Waals surface area contributed by atoms with Crippen LogP contribution in [0.2, 0.25) is 0 Å². The van der Waals surface area contributed by atoms with Gasteiger partial charge in [0.1, 0.15) is 5.76 Å². The second-order valence-corrected chi connectivity index (χ2v) is 3.03. The third-order valence-corrected chi connectivity index (χ3v) is 2.18. The molecule has 0 saturated heterocycles. The number of hydrogen-bond donors (Lipinski definition) is 1. The van der Waals surface area contributed by atoms with E-state index in [1.54, 1.807) is 6.26 Å². The Labute approximate surface area is 84.7 Å². The molecule has 0 aromatic heterocycles. The summed E-state index contributed by atoms with van der Waals surface area (Å²) in [6.07, 6.45) is 6.93. The zero-order chi connectivity index (χ0) is 10.4. The molecule has 0 fully saturated rings. The van der Waals surface area contributed by atoms with Crippen LogP contribution in [-0.2, 0) is 4.74 Å². The van der Waals surface area contributed by atoms with Crippen LogP contribution in [0.4, 0.5) is 0 Å². The molecule has 0 spiro atoms. The quantitative estimate of drug-likeness (QED) is 0.697. The maximum Gasteiger partial charge on any atom is 0.132 e. The molecule has 1 atom stereocenters. The largest absolute Gasteiger partial charge is 0.467 e. The molecule has 1 aliphatic rings. The maximum absolute atomic E-state index is 5.42. The second kappa shape index (κ2) is 5.30. The van der Waals surface area contributed by atoms with Crippen LogP contribution in [0.15, 0.2) is 35.0 Å². The minimum absolute atomic E-state index is 0.355. The van der Waals surface area contributed by atoms with Crippen molar-refractivity contribution in [3.05, 3.63) is 30.0 Å². The predicted molar refractivity (Wildman–Crippen MR) is 57.5 cm³/mol. The van der Waals surface area contributed by atoms with E-state index in [-0.39, 0.29) is 0 Å². The van der Waals surface area contributed by atoms with E-state index in [1.807, 2.05) is 13.0 Å². The molecular weight excluding hydrogens is 176 g/mol. The zero-order valence-electron chi connectivity index (χ0n) is 8.66. The summed E-state index contributed by atoms with van der Waals surface area (Å²) < 4.78 is 5.42. The number of allylic oxidation sites excluding steroid dienone is 2. The van der Waals surface area contributed by atoms with Crippen molar-refractivity contribution in [3.8, 4) is 0 Å². The topological polar surface area (TPSA) is 47.6 Å². The molecule has 0 saturated carbocycles. The average Bonchev–Trinajstić information content (AvgIpc) is 2.67. The summed E-state index contributed by atoms with van der Waals surface area (Å²) in [6.45, 7) is 4.16. The van der Waals surface area contributed by atoms with Crippen LogP contribution in [0.5, 0.6) is 0 Å². The number of hydrogen-bond acceptors (Lipinski definition) is 3. The van der Waals surface area contributed by atoms with Gasteiger partial charge in [-0.2, -0.15) is 0 Å². The molecule has 0 aromatic rings. The molecule has 1 aliphatic heterocycles. The number of nitrogens with two attached hydrogens (primary N) is 1. The van der Waals surface area contributed by atoms with E-state index in [1.165, 1.54) is 6.20 Å². The highest BCUT2D eigenvalue weighted by molar-refractivity contribution is 5.52. The monoisotopic (exact) mass is 192 g/mol. The van der Waals surface area contributed by atoms with Gasteiger partial charge >= 0.3 is 0 Å². The van der Waals surface area contributed by atoms with Crippen molar-refractivity contribution in [2.45, 2.75) is 26.7 Å². The van der Waals surface area contributed by atoms with E-state index < -0.39 is 0 Å². The summed E-state index contributed by atoms with van der Waals surface area (Å²) in [5, 5.41) is 0. The molecule has 76 valence electrons. The van der Waals surface area contributed by atoms with Gasteiger partial charge in [-0.05, 0) is 18.9 Å². The molecule has 0 radical (unpaired) electrons. The Morgan fingerprint density at radius 3 is 3.07 bits per heavy atom. The van der Waals surface area contributed by atoms with Crippen LogP contribution in [0.1, 0.15) is 26.7 Å². The summed E-state index contributed by atoms with van der Waals surface area (Å²) in [5.74, 6) is 3.92. The Bertz CT molecular complexity index is 309. The predicted octanol–water partition coefficient (Wildman–Crippen LogP) is 2.32. The van der Waals surface area contributed by atoms with Crippen LogP contribution in [-0.4, -0.2) is 5.87 Å². The lowest BCUT2D eigenvalue weighted by Crippen LogP contribution is -1.99. The van der Waals surface area contributed by atoms with E-state index in [4.69, 9.17) is 10.5 Å². The van der Waals surface area contributed by atoms with Crippen LogP contribution in [0.3, 0.4) is 0 Å². The fraction of sp³-hybridized carbons (Fsp3) is 0.455. The van der Waals surface area contributed by atoms with Gasteiger partial charge in [-0.25, -0.2) is 4.99 Å². The lowest BCUT2D eigenvalue weighted by atomic mass is 10.0. The molecule has 3 nitrogen and oxygen atoms in total. The summed E-state index contributed by atoms with van der Waals surface area (Å²) in [6, 6.07) is 0. The first-order chi connectivity index (χ1) is 6.83. The van der Waals surface area contributed by atoms with Gasteiger partial charge in [-0.1, -0.05) is 13.8 Å². The fourth-order valence-corrected chi connectivity index (χ4v) is 1.41. The van der Waals surface area contributed by atoms with Crippen molar-refractivity contribution >= 4 is 5.87 Å². The maximum atomic E-state index is 5.42. The van der Waals surface area contributed by atoms with E-state index in [0.29, 0.717) is 5.92 Å². The lowest BCUT2D eigenvalue weighted by Gasteiger charge is -2.09. The average molecular weight is 192 g/mol. The Kier molecular flexibility index (Phi) is 4.02. The zero-order valence-corrected chi connectivity index (χ0v) is 8.66. The van der Waals surface area contributed by atoms with Crippen LogP contribution in [0.25, 0.3) is 0 Å². The summed E-state index contributed by atoms with van der Waals surface area (Å²) in [5.41, 5.74) is 6.11. The minimum Gasteiger partial charge on any atom is -0.467 e. The molecule has 1 unspecified atom stereocenters. The molecule has 1 heterocycles. The lowest BCUT2D eigenvalue weighted by molar-refractivity contribution is 0.332. The molecule has 2 N–H and O–H groups in total. The van der Waals surface area contributed by atoms with Crippen LogP contribution in [0, 0.1) is 5.92 Å². The molecule has 0 aromatic carbocycles. The van der Waals surface area contributed by atoms with E-state index >= 15 is 0 Å². The van der Waals surface area contributed by atoms with E-state index in [0.717, 1.165) is 24.3 Å². The Morgan fingerprint density at radius 2 is 2.50 bits per heavy atom. The first-order valence-corrected chi connectivity index (χ1v) is 4.89. The highest BCUT2D eigenvalue weighted by atomic mass is 16.5. The van der Waals surface area contributed by atoms with Crippen molar-refractivity contribution in [1.29, 1.82) is 0 Å². The third-order valence-electron chi connectivity index (χ3n) is 2.18. The van der Waals surface area contributed by atoms with Crippen molar-refractivity contribution < 1.29 is 4.74 Å². The van der Waals surface area contributed by atoms with E-state index in [9.17, 15) is 0 Å². The summed E-state index contributed by atoms with van der Waals surface area (Å²) in [7, 11) is 0. The highest BCUT2D eigenvalue weighted by Crippen LogP contribution is 2.28. The number of rotatable bonds is 3. The Hall–Kier alpha value is -1.47. The first-order valence-electron chi connectivity index (χ1n) is 4.89. The molecule has 0 aliphatic carbocycles. The summed E-state index contributed by atoms with van der Waals surface area (Å²) in [4.78, 5) is 4.12. The van der Waals surface area contributed by atoms with Gasteiger partial charge in [0.05, 0.1) is 18.2 Å². The molecular formula is C11H16N2O. The summed E-state index contributed by atoms with van der Waals surface area (Å²) >= 11 is 0. The van der Waals surface area contributed by atoms with Gasteiger partial charge in [-0.3, -0.25) is 0 Å². The fourth-order valence-electron chi connectivity index (χ4n) is 1.41. The molecule has 0 bridgehead atoms. The molecule has 3 heteroatoms. The molecule has 14 heavy (non-hydrogen) atoms. The SMILES string of the molecule is CC/C(N=C=CN)=C1\OC=CC1CC. The van der Waals surface area contributed by atoms with E-state index in [2.05, 4.69) is 17.8 Å². The van der Waals surface area contributed by atoms with Crippen molar-refractivity contribution in [1.82, 2.24) is 0 Å². The minimum atomic E-state index is 0.355. The number of aliphatic imine (C=N–C) groups is 1. The van der Waals surface area contributed by atoms with Gasteiger partial charge in [0, 0.05) is 11.8 Å². The number of ether oxygens (including phenoxy) is 1. The smallest absolute Gasteiger partial charge is 0.132 e. The normalized spacial score (nSPS) is 22.6. The van der Waals surface area contributed by atoms with Crippen LogP contribution < -0.4 is 5.73 Å². The van der Waals surface area contributed by atoms with Gasteiger partial charge in [0.15, 0.2) is 0 Å². The second-order valence-electron chi connectivity index (χ2n) is 3.03. The Balaban J connectivity index is 2.94. The standard InChI is InChI=1S/C11H16N2O/c1-3-9-5-8-14-11(9)10(4-2)13-7-6-12/h5-6,8-9H,3-4,12H2,1-2H3/b11-10+. The van der Waals surface area contributed by atoms with Gasteiger partial charge in [0.2, 0.25) is 0 Å². The van der Waals surface area contributed by atoms with Gasteiger partial charge in [-0.15, -0.1) is 0 Å². The molecule has 0 amide bonds. The van der Waals surface area contributed by atoms with Gasteiger partial charge < -0.3 is 10.5 Å². The highest BCUT2D eigenvalue weighted by Gasteiger charge is 2.19. The number of nitrogens with zero attached hydrogens (tertiary/aromatic N) is 1. The van der Waals surface area contributed by atoms with Crippen LogP contribution >= 0.6 is 0 Å². The first kappa shape index (κ1) is 10.6. The van der Waals surface area contributed by atoms with Crippen molar-refractivity contribution in [3.63, 3.8) is 0 Å². The third kappa shape index (κ3) is 2.27.